The number of carbonyl (C=O) groups is 4. The van der Waals surface area contributed by atoms with Crippen molar-refractivity contribution in [2.45, 2.75) is 25.0 Å². The van der Waals surface area contributed by atoms with Crippen molar-refractivity contribution in [2.75, 3.05) is 0 Å². The van der Waals surface area contributed by atoms with E-state index in [1.165, 1.54) is 0 Å². The predicted octanol–water partition coefficient (Wildman–Crippen LogP) is -2.84. The number of hydrogen-bond acceptors (Lipinski definition) is 6. The Kier molecular flexibility index (Phi) is 15.4. The summed E-state index contributed by atoms with van der Waals surface area (Å²) in [6, 6.07) is 0. The average molecular weight is 308 g/mol. The second-order valence-electron chi connectivity index (χ2n) is 2.85. The monoisotopic (exact) mass is 308 g/mol. The molecule has 10 nitrogen and oxygen atoms in total. The summed E-state index contributed by atoms with van der Waals surface area (Å²) in [5.74, 6) is -5.69. The van der Waals surface area contributed by atoms with Gasteiger partial charge in [0.15, 0.2) is 12.2 Å². The van der Waals surface area contributed by atoms with Crippen LogP contribution >= 0.6 is 0 Å². The number of aliphatic carboxylic acids is 4. The van der Waals surface area contributed by atoms with Gasteiger partial charge in [-0.05, 0) is 0 Å². The Labute approximate surface area is 149 Å². The van der Waals surface area contributed by atoms with Crippen molar-refractivity contribution >= 4 is 75.3 Å². The molecule has 11 heteroatoms. The van der Waals surface area contributed by atoms with Crippen LogP contribution in [0.2, 0.25) is 0 Å². The van der Waals surface area contributed by atoms with Crippen LogP contribution < -0.4 is 0 Å². The van der Waals surface area contributed by atoms with Crippen LogP contribution in [0.25, 0.3) is 0 Å². The molecule has 2 unspecified atom stereocenters. The van der Waals surface area contributed by atoms with Crippen LogP contribution in [0.4, 0.5) is 0 Å². The second kappa shape index (κ2) is 12.5. The topological polar surface area (TPSA) is 190 Å². The molecule has 6 N–H and O–H groups in total. The maximum absolute atomic E-state index is 9.77. The molecular weight excluding hydrogens is 295 g/mol. The van der Waals surface area contributed by atoms with Crippen LogP contribution in [0.15, 0.2) is 0 Å². The Morgan fingerprint density at radius 3 is 1.00 bits per heavy atom. The van der Waals surface area contributed by atoms with Gasteiger partial charge in [0.25, 0.3) is 0 Å². The Balaban J connectivity index is -0.000000262. The third-order valence-electron chi connectivity index (χ3n) is 1.36. The van der Waals surface area contributed by atoms with Gasteiger partial charge in [0.2, 0.25) is 0 Å². The average Bonchev–Trinajstić information content (AvgIpc) is 2.24. The summed E-state index contributed by atoms with van der Waals surface area (Å²) < 4.78 is 0. The van der Waals surface area contributed by atoms with Crippen LogP contribution in [-0.4, -0.2) is 118 Å². The number of carboxylic acids is 4. The summed E-state index contributed by atoms with van der Waals surface area (Å²) in [5, 5.41) is 48.3. The summed E-state index contributed by atoms with van der Waals surface area (Å²) in [7, 11) is 0. The molecule has 0 aliphatic heterocycles. The molecule has 0 bridgehead atoms. The third-order valence-corrected chi connectivity index (χ3v) is 1.36. The van der Waals surface area contributed by atoms with E-state index in [0.717, 1.165) is 0 Å². The zero-order chi connectivity index (χ0) is 14.9. The quantitative estimate of drug-likeness (QED) is 0.279. The summed E-state index contributed by atoms with van der Waals surface area (Å²) in [5.41, 5.74) is 0. The maximum atomic E-state index is 9.77. The standard InChI is InChI=1S/C4H6O6.C4H6O4.K.H/c5-1(3(7)8)2(6)4(9)10;5-3(6)1-2-4(7)8;;/h1-2,5-6H,(H,7,8)(H,9,10);1-2H2,(H,5,6)(H,7,8);;. The SMILES string of the molecule is O=C(O)C(O)C(O)C(=O)O.O=C(O)CCC(=O)O.[KH]. The van der Waals surface area contributed by atoms with Crippen molar-refractivity contribution in [2.24, 2.45) is 0 Å². The first-order chi connectivity index (χ1) is 8.09. The molecule has 0 aromatic carbocycles. The molecule has 0 aromatic heterocycles. The molecular formula is C8H13KO10. The molecule has 2 atom stereocenters. The molecule has 0 heterocycles. The first kappa shape index (κ1) is 23.5. The van der Waals surface area contributed by atoms with Crippen LogP contribution in [0, 0.1) is 0 Å². The van der Waals surface area contributed by atoms with Gasteiger partial charge in [-0.3, -0.25) is 9.59 Å². The molecule has 0 aromatic rings. The third kappa shape index (κ3) is 15.4. The van der Waals surface area contributed by atoms with E-state index in [-0.39, 0.29) is 64.2 Å². The second-order valence-corrected chi connectivity index (χ2v) is 2.85. The van der Waals surface area contributed by atoms with E-state index < -0.39 is 36.1 Å². The van der Waals surface area contributed by atoms with E-state index >= 15 is 0 Å². The van der Waals surface area contributed by atoms with Crippen molar-refractivity contribution in [3.05, 3.63) is 0 Å². The van der Waals surface area contributed by atoms with E-state index in [0.29, 0.717) is 0 Å². The van der Waals surface area contributed by atoms with E-state index in [1.807, 2.05) is 0 Å². The van der Waals surface area contributed by atoms with Gasteiger partial charge in [0.1, 0.15) is 0 Å². The predicted molar refractivity (Wildman–Crippen MR) is 58.9 cm³/mol. The number of carboxylic acid groups (broad SMARTS) is 4. The van der Waals surface area contributed by atoms with Crippen molar-refractivity contribution in [1.82, 2.24) is 0 Å². The van der Waals surface area contributed by atoms with Crippen LogP contribution in [0.3, 0.4) is 0 Å². The van der Waals surface area contributed by atoms with E-state index in [4.69, 9.17) is 30.6 Å². The van der Waals surface area contributed by atoms with Gasteiger partial charge in [-0.15, -0.1) is 0 Å². The van der Waals surface area contributed by atoms with Crippen molar-refractivity contribution in [1.29, 1.82) is 0 Å². The number of rotatable bonds is 6. The molecule has 0 aliphatic carbocycles. The van der Waals surface area contributed by atoms with Gasteiger partial charge >= 0.3 is 75.3 Å². The fourth-order valence-corrected chi connectivity index (χ4v) is 0.484. The minimum absolute atomic E-state index is 0. The minimum atomic E-state index is -2.27. The first-order valence-corrected chi connectivity index (χ1v) is 4.35. The van der Waals surface area contributed by atoms with Crippen molar-refractivity contribution < 1.29 is 49.8 Å². The molecule has 0 radical (unpaired) electrons. The van der Waals surface area contributed by atoms with Gasteiger partial charge in [-0.2, -0.15) is 0 Å². The molecule has 0 saturated carbocycles. The van der Waals surface area contributed by atoms with Gasteiger partial charge in [0.05, 0.1) is 12.8 Å². The van der Waals surface area contributed by atoms with E-state index in [1.54, 1.807) is 0 Å². The zero-order valence-electron chi connectivity index (χ0n) is 8.89. The number of aliphatic hydroxyl groups is 2. The summed E-state index contributed by atoms with van der Waals surface area (Å²) in [6.45, 7) is 0. The zero-order valence-corrected chi connectivity index (χ0v) is 8.89. The van der Waals surface area contributed by atoms with Crippen LogP contribution in [0.1, 0.15) is 12.8 Å². The fraction of sp³-hybridized carbons (Fsp3) is 0.500. The Morgan fingerprint density at radius 2 is 0.895 bits per heavy atom. The molecule has 0 spiro atoms. The van der Waals surface area contributed by atoms with Gasteiger partial charge in [-0.25, -0.2) is 9.59 Å². The fourth-order valence-electron chi connectivity index (χ4n) is 0.484. The molecule has 0 amide bonds. The van der Waals surface area contributed by atoms with Crippen LogP contribution in [-0.2, 0) is 19.2 Å². The molecule has 19 heavy (non-hydrogen) atoms. The summed E-state index contributed by atoms with van der Waals surface area (Å²) in [4.78, 5) is 38.8. The molecule has 106 valence electrons. The Hall–Kier alpha value is -0.564. The van der Waals surface area contributed by atoms with Crippen molar-refractivity contribution in [3.63, 3.8) is 0 Å². The summed E-state index contributed by atoms with van der Waals surface area (Å²) >= 11 is 0. The van der Waals surface area contributed by atoms with Crippen molar-refractivity contribution in [3.8, 4) is 0 Å². The van der Waals surface area contributed by atoms with Crippen LogP contribution in [0.5, 0.6) is 0 Å². The molecule has 0 saturated heterocycles. The normalized spacial score (nSPS) is 11.9. The first-order valence-electron chi connectivity index (χ1n) is 4.35. The molecule has 0 aliphatic rings. The number of hydrogen-bond donors (Lipinski definition) is 6. The number of aliphatic hydroxyl groups excluding tert-OH is 2. The van der Waals surface area contributed by atoms with Gasteiger partial charge in [-0.1, -0.05) is 0 Å². The van der Waals surface area contributed by atoms with E-state index in [2.05, 4.69) is 0 Å². The van der Waals surface area contributed by atoms with E-state index in [9.17, 15) is 19.2 Å². The summed E-state index contributed by atoms with van der Waals surface area (Å²) in [6.07, 6.45) is -5.13. The van der Waals surface area contributed by atoms with Gasteiger partial charge in [0, 0.05) is 0 Å². The van der Waals surface area contributed by atoms with Gasteiger partial charge < -0.3 is 30.6 Å². The molecule has 0 fully saturated rings. The Morgan fingerprint density at radius 1 is 0.684 bits per heavy atom. The Bertz CT molecular complexity index is 295. The molecule has 0 rings (SSSR count).